The molecular formula is C8H8ClFMgO. The first-order chi connectivity index (χ1) is 4.74. The van der Waals surface area contributed by atoms with Gasteiger partial charge in [0.15, 0.2) is 0 Å². The predicted octanol–water partition coefficient (Wildman–Crippen LogP) is -1.36. The molecule has 0 aliphatic rings. The minimum atomic E-state index is -0.366. The van der Waals surface area contributed by atoms with Crippen molar-refractivity contribution in [1.29, 1.82) is 0 Å². The maximum atomic E-state index is 12.7. The molecule has 0 aliphatic heterocycles. The Labute approximate surface area is 93.9 Å². The van der Waals surface area contributed by atoms with E-state index in [1.807, 2.05) is 0 Å². The van der Waals surface area contributed by atoms with Gasteiger partial charge in [-0.15, -0.1) is 6.07 Å². The summed E-state index contributed by atoms with van der Waals surface area (Å²) in [6.07, 6.45) is 0. The molecule has 62 valence electrons. The van der Waals surface area contributed by atoms with E-state index in [0.717, 1.165) is 0 Å². The van der Waals surface area contributed by atoms with Crippen LogP contribution >= 0.6 is 0 Å². The fourth-order valence-electron chi connectivity index (χ4n) is 0.710. The Morgan fingerprint density at radius 1 is 1.42 bits per heavy atom. The van der Waals surface area contributed by atoms with E-state index in [-0.39, 0.29) is 47.0 Å². The molecule has 0 bridgehead atoms. The molecule has 0 atom stereocenters. The van der Waals surface area contributed by atoms with Gasteiger partial charge in [-0.1, -0.05) is 6.07 Å². The number of ether oxygens (including phenoxy) is 1. The van der Waals surface area contributed by atoms with Gasteiger partial charge < -0.3 is 17.1 Å². The number of benzene rings is 1. The summed E-state index contributed by atoms with van der Waals surface area (Å²) < 4.78 is 17.4. The zero-order chi connectivity index (χ0) is 7.56. The van der Waals surface area contributed by atoms with Gasteiger partial charge in [0.1, 0.15) is 11.6 Å². The molecule has 0 saturated carbocycles. The molecule has 0 amide bonds. The minimum absolute atomic E-state index is 0. The molecule has 0 heterocycles. The molecule has 0 spiro atoms. The molecule has 0 unspecified atom stereocenters. The summed E-state index contributed by atoms with van der Waals surface area (Å²) in [5.74, 6) is -0.109. The summed E-state index contributed by atoms with van der Waals surface area (Å²) in [5, 5.41) is 0. The van der Waals surface area contributed by atoms with Crippen molar-refractivity contribution in [2.45, 2.75) is 0 Å². The molecule has 1 rings (SSSR count). The third kappa shape index (κ3) is 3.52. The van der Waals surface area contributed by atoms with Crippen LogP contribution in [0.4, 0.5) is 4.39 Å². The van der Waals surface area contributed by atoms with Crippen molar-refractivity contribution in [3.63, 3.8) is 0 Å². The van der Waals surface area contributed by atoms with Crippen molar-refractivity contribution < 1.29 is 21.5 Å². The molecule has 4 heteroatoms. The first-order valence-corrected chi connectivity index (χ1v) is 2.89. The second kappa shape index (κ2) is 6.40. The van der Waals surface area contributed by atoms with Gasteiger partial charge in [-0.25, -0.2) is 4.39 Å². The van der Waals surface area contributed by atoms with Crippen molar-refractivity contribution in [1.82, 2.24) is 0 Å². The third-order valence-corrected chi connectivity index (χ3v) is 1.22. The Kier molecular flexibility index (Phi) is 7.68. The summed E-state index contributed by atoms with van der Waals surface area (Å²) in [4.78, 5) is 0. The Morgan fingerprint density at radius 3 is 2.42 bits per heavy atom. The first kappa shape index (κ1) is 14.4. The van der Waals surface area contributed by atoms with Crippen molar-refractivity contribution in [3.05, 3.63) is 36.5 Å². The van der Waals surface area contributed by atoms with E-state index in [0.29, 0.717) is 5.56 Å². The fourth-order valence-corrected chi connectivity index (χ4v) is 0.710. The maximum absolute atomic E-state index is 12.7. The molecule has 0 aromatic heterocycles. The molecule has 12 heavy (non-hydrogen) atoms. The van der Waals surface area contributed by atoms with Crippen LogP contribution in [0.25, 0.3) is 0 Å². The van der Waals surface area contributed by atoms with E-state index >= 15 is 0 Å². The summed E-state index contributed by atoms with van der Waals surface area (Å²) in [6, 6.07) is 4.58. The van der Waals surface area contributed by atoms with E-state index in [4.69, 9.17) is 4.74 Å². The molecular weight excluding hydrogens is 191 g/mol. The number of halogens is 2. The van der Waals surface area contributed by atoms with E-state index < -0.39 is 0 Å². The minimum Gasteiger partial charge on any atom is -1.00 e. The molecule has 0 aliphatic carbocycles. The van der Waals surface area contributed by atoms with Crippen LogP contribution in [0.2, 0.25) is 0 Å². The van der Waals surface area contributed by atoms with E-state index in [1.165, 1.54) is 13.2 Å². The molecule has 0 N–H and O–H groups in total. The van der Waals surface area contributed by atoms with Gasteiger partial charge in [0.25, 0.3) is 0 Å². The van der Waals surface area contributed by atoms with Gasteiger partial charge in [0.2, 0.25) is 0 Å². The van der Waals surface area contributed by atoms with E-state index in [1.54, 1.807) is 12.1 Å². The van der Waals surface area contributed by atoms with Gasteiger partial charge in [-0.3, -0.25) is 0 Å². The van der Waals surface area contributed by atoms with Crippen LogP contribution in [-0.2, 0) is 0 Å². The average molecular weight is 199 g/mol. The number of hydrogen-bond donors (Lipinski definition) is 0. The van der Waals surface area contributed by atoms with Crippen molar-refractivity contribution in [2.75, 3.05) is 7.11 Å². The topological polar surface area (TPSA) is 9.23 Å². The first-order valence-electron chi connectivity index (χ1n) is 2.89. The number of methoxy groups -OCH3 is 1. The zero-order valence-electron chi connectivity index (χ0n) is 6.81. The molecule has 0 fully saturated rings. The maximum Gasteiger partial charge on any atom is 2.00 e. The fraction of sp³-hybridized carbons (Fsp3) is 0.125. The standard InChI is InChI=1S/C8H8FO.ClH.Mg/c1-6-3-4-8(10-2)7(9)5-6;;/h3-5H,1H2,2H3;1H;/q-1;;+2/p-1. The summed E-state index contributed by atoms with van der Waals surface area (Å²) >= 11 is 0. The van der Waals surface area contributed by atoms with Crippen LogP contribution in [0.1, 0.15) is 5.56 Å². The zero-order valence-corrected chi connectivity index (χ0v) is 8.98. The Morgan fingerprint density at radius 2 is 2.00 bits per heavy atom. The van der Waals surface area contributed by atoms with Crippen LogP contribution in [0.3, 0.4) is 0 Å². The normalized spacial score (nSPS) is 7.83. The summed E-state index contributed by atoms with van der Waals surface area (Å²) in [7, 11) is 1.43. The monoisotopic (exact) mass is 198 g/mol. The smallest absolute Gasteiger partial charge is 1.00 e. The van der Waals surface area contributed by atoms with Gasteiger partial charge in [0, 0.05) is 0 Å². The second-order valence-electron chi connectivity index (χ2n) is 1.97. The average Bonchev–Trinajstić information content (AvgIpc) is 1.88. The Balaban J connectivity index is 0. The van der Waals surface area contributed by atoms with Crippen molar-refractivity contribution in [3.8, 4) is 5.75 Å². The third-order valence-electron chi connectivity index (χ3n) is 1.22. The van der Waals surface area contributed by atoms with Crippen LogP contribution in [-0.4, -0.2) is 30.2 Å². The molecule has 1 aromatic rings. The quantitative estimate of drug-likeness (QED) is 0.401. The van der Waals surface area contributed by atoms with E-state index in [2.05, 4.69) is 6.92 Å². The van der Waals surface area contributed by atoms with Gasteiger partial charge in [0.05, 0.1) is 7.11 Å². The van der Waals surface area contributed by atoms with E-state index in [9.17, 15) is 4.39 Å². The predicted molar refractivity (Wildman–Crippen MR) is 43.2 cm³/mol. The molecule has 0 radical (unpaired) electrons. The number of hydrogen-bond acceptors (Lipinski definition) is 1. The van der Waals surface area contributed by atoms with Crippen LogP contribution in [0, 0.1) is 12.7 Å². The number of rotatable bonds is 1. The van der Waals surface area contributed by atoms with Gasteiger partial charge >= 0.3 is 23.1 Å². The van der Waals surface area contributed by atoms with Gasteiger partial charge in [-0.2, -0.15) is 18.6 Å². The molecule has 1 aromatic carbocycles. The molecule has 1 nitrogen and oxygen atoms in total. The van der Waals surface area contributed by atoms with Crippen molar-refractivity contribution >= 4 is 23.1 Å². The SMILES string of the molecule is [CH2-]c1ccc(OC)c(F)c1.[Cl-].[Mg+2]. The van der Waals surface area contributed by atoms with Crippen LogP contribution < -0.4 is 17.1 Å². The van der Waals surface area contributed by atoms with Crippen LogP contribution in [0.15, 0.2) is 18.2 Å². The van der Waals surface area contributed by atoms with Crippen LogP contribution in [0.5, 0.6) is 5.75 Å². The van der Waals surface area contributed by atoms with Crippen molar-refractivity contribution in [2.24, 2.45) is 0 Å². The summed E-state index contributed by atoms with van der Waals surface area (Å²) in [5.41, 5.74) is 0.651. The Hall–Kier alpha value is -0.124. The van der Waals surface area contributed by atoms with Gasteiger partial charge in [-0.05, 0) is 0 Å². The Bertz CT molecular complexity index is 242. The second-order valence-corrected chi connectivity index (χ2v) is 1.97. The summed E-state index contributed by atoms with van der Waals surface area (Å²) in [6.45, 7) is 3.56. The largest absolute Gasteiger partial charge is 2.00 e. The molecule has 0 saturated heterocycles.